The van der Waals surface area contributed by atoms with Gasteiger partial charge in [0.15, 0.2) is 10.8 Å². The molecule has 0 bridgehead atoms. The van der Waals surface area contributed by atoms with Crippen LogP contribution in [-0.4, -0.2) is 111 Å². The van der Waals surface area contributed by atoms with E-state index in [-0.39, 0.29) is 30.5 Å². The highest BCUT2D eigenvalue weighted by Crippen LogP contribution is 2.21. The highest BCUT2D eigenvalue weighted by molar-refractivity contribution is 7.14. The summed E-state index contributed by atoms with van der Waals surface area (Å²) in [5.41, 5.74) is -3.88. The van der Waals surface area contributed by atoms with Crippen LogP contribution in [-0.2, 0) is 33.4 Å². The van der Waals surface area contributed by atoms with Crippen molar-refractivity contribution >= 4 is 58.2 Å². The van der Waals surface area contributed by atoms with Crippen molar-refractivity contribution in [3.63, 3.8) is 0 Å². The molecule has 18 nitrogen and oxygen atoms in total. The first-order chi connectivity index (χ1) is 21.1. The van der Waals surface area contributed by atoms with Crippen molar-refractivity contribution in [2.75, 3.05) is 25.0 Å². The van der Waals surface area contributed by atoms with E-state index < -0.39 is 76.8 Å². The van der Waals surface area contributed by atoms with Gasteiger partial charge in [-0.1, -0.05) is 5.16 Å². The van der Waals surface area contributed by atoms with Crippen LogP contribution >= 0.6 is 11.3 Å². The number of β-lactam (4-membered cyclic amide) rings is 1. The molecule has 0 spiro atoms. The lowest BCUT2D eigenvalue weighted by Gasteiger charge is -2.38. The molecule has 3 heterocycles. The zero-order valence-corrected chi connectivity index (χ0v) is 27.5. The van der Waals surface area contributed by atoms with Crippen LogP contribution in [0.1, 0.15) is 61.1 Å². The van der Waals surface area contributed by atoms with Gasteiger partial charge in [0, 0.05) is 11.9 Å². The molecule has 2 aliphatic heterocycles. The third-order valence-corrected chi connectivity index (χ3v) is 6.75. The largest absolute Gasteiger partial charge is 0.478 e. The van der Waals surface area contributed by atoms with E-state index in [0.29, 0.717) is 0 Å². The molecule has 2 aliphatic rings. The average Bonchev–Trinajstić information content (AvgIpc) is 3.49. The maximum atomic E-state index is 13.4. The Hall–Kier alpha value is -4.68. The number of carboxylic acid groups (broad SMARTS) is 1. The molecule has 5 N–H and O–H groups in total. The Morgan fingerprint density at radius 1 is 1.09 bits per heavy atom. The van der Waals surface area contributed by atoms with Gasteiger partial charge < -0.3 is 45.0 Å². The Morgan fingerprint density at radius 2 is 1.72 bits per heavy atom. The van der Waals surface area contributed by atoms with Crippen molar-refractivity contribution in [2.45, 2.75) is 90.4 Å². The van der Waals surface area contributed by atoms with E-state index >= 15 is 0 Å². The smallest absolute Gasteiger partial charge is 0.413 e. The van der Waals surface area contributed by atoms with Crippen molar-refractivity contribution in [3.05, 3.63) is 11.1 Å². The standard InChI is InChI=1S/C27H39N7O11S/c1-25(2,3)43-22(39)28-9-13-10-34(24(41)42-13)11-14-16(18(35)29-14)31-19(36)17(33-45-27(7,8)20(37)38)15-12-46-21(30-15)32-23(40)44-26(4,5)6/h12-14,16H,9-11H2,1-8H3,(H,28,39)(H,29,35)(H,31,36)(H,37,38)(H,30,32,40)/t13-,14-,16+/m1/s1. The van der Waals surface area contributed by atoms with Crippen LogP contribution in [0.2, 0.25) is 0 Å². The maximum absolute atomic E-state index is 13.4. The minimum atomic E-state index is -1.83. The maximum Gasteiger partial charge on any atom is 0.413 e. The molecular formula is C27H39N7O11S. The number of aliphatic carboxylic acids is 1. The molecule has 254 valence electrons. The number of anilines is 1. The molecule has 0 radical (unpaired) electrons. The number of rotatable bonds is 11. The number of nitrogens with one attached hydrogen (secondary N) is 4. The van der Waals surface area contributed by atoms with E-state index in [4.69, 9.17) is 19.0 Å². The SMILES string of the molecule is CC(C)(C)OC(=O)NC[C@@H]1CN(C[C@H]2NC(=O)[C@H]2NC(=O)C(=NOC(C)(C)C(=O)O)c2csc(NC(=O)OC(C)(C)C)n2)C(=O)O1. The number of hydrogen-bond donors (Lipinski definition) is 5. The van der Waals surface area contributed by atoms with Crippen LogP contribution in [0.25, 0.3) is 0 Å². The predicted octanol–water partition coefficient (Wildman–Crippen LogP) is 1.40. The number of aromatic nitrogens is 1. The number of carboxylic acids is 1. The summed E-state index contributed by atoms with van der Waals surface area (Å²) in [7, 11) is 0. The van der Waals surface area contributed by atoms with Crippen molar-refractivity contribution in [1.29, 1.82) is 0 Å². The van der Waals surface area contributed by atoms with Crippen LogP contribution in [0.4, 0.5) is 19.5 Å². The monoisotopic (exact) mass is 669 g/mol. The number of oxime groups is 1. The van der Waals surface area contributed by atoms with Crippen LogP contribution in [0, 0.1) is 0 Å². The zero-order valence-electron chi connectivity index (χ0n) is 26.7. The first-order valence-electron chi connectivity index (χ1n) is 14.1. The quantitative estimate of drug-likeness (QED) is 0.0973. The Labute approximate surface area is 268 Å². The molecule has 0 aromatic carbocycles. The zero-order chi connectivity index (χ0) is 34.6. The van der Waals surface area contributed by atoms with E-state index in [1.807, 2.05) is 0 Å². The molecule has 0 aliphatic carbocycles. The highest BCUT2D eigenvalue weighted by Gasteiger charge is 2.45. The lowest BCUT2D eigenvalue weighted by molar-refractivity contribution is -0.161. The molecule has 1 aromatic heterocycles. The molecular weight excluding hydrogens is 630 g/mol. The Balaban J connectivity index is 1.68. The van der Waals surface area contributed by atoms with Crippen molar-refractivity contribution in [3.8, 4) is 0 Å². The number of cyclic esters (lactones) is 1. The van der Waals surface area contributed by atoms with Gasteiger partial charge >= 0.3 is 24.2 Å². The van der Waals surface area contributed by atoms with Crippen molar-refractivity contribution in [2.24, 2.45) is 5.16 Å². The summed E-state index contributed by atoms with van der Waals surface area (Å²) >= 11 is 0.932. The van der Waals surface area contributed by atoms with Gasteiger partial charge in [0.2, 0.25) is 11.5 Å². The lowest BCUT2D eigenvalue weighted by atomic mass is 9.98. The average molecular weight is 670 g/mol. The van der Waals surface area contributed by atoms with E-state index in [9.17, 15) is 33.9 Å². The number of alkyl carbamates (subject to hydrolysis) is 1. The number of amides is 5. The second kappa shape index (κ2) is 13.8. The van der Waals surface area contributed by atoms with Crippen LogP contribution in [0.5, 0.6) is 0 Å². The Kier molecular flexibility index (Phi) is 10.7. The molecule has 19 heteroatoms. The van der Waals surface area contributed by atoms with E-state index in [0.717, 1.165) is 11.3 Å². The summed E-state index contributed by atoms with van der Waals surface area (Å²) < 4.78 is 15.7. The molecule has 0 unspecified atom stereocenters. The van der Waals surface area contributed by atoms with E-state index in [1.54, 1.807) is 41.5 Å². The van der Waals surface area contributed by atoms with Gasteiger partial charge in [-0.05, 0) is 55.4 Å². The summed E-state index contributed by atoms with van der Waals surface area (Å²) in [6.45, 7) is 12.7. The van der Waals surface area contributed by atoms with Gasteiger partial charge in [-0.15, -0.1) is 11.3 Å². The fraction of sp³-hybridized carbons (Fsp3) is 0.630. The summed E-state index contributed by atoms with van der Waals surface area (Å²) in [4.78, 5) is 84.6. The summed E-state index contributed by atoms with van der Waals surface area (Å²) in [5, 5.41) is 24.7. The molecule has 2 saturated heterocycles. The van der Waals surface area contributed by atoms with E-state index in [1.165, 1.54) is 24.1 Å². The van der Waals surface area contributed by atoms with Crippen LogP contribution in [0.15, 0.2) is 10.5 Å². The number of hydrogen-bond acceptors (Lipinski definition) is 13. The molecule has 0 saturated carbocycles. The van der Waals surface area contributed by atoms with Crippen LogP contribution in [0.3, 0.4) is 0 Å². The first-order valence-corrected chi connectivity index (χ1v) is 15.0. The van der Waals surface area contributed by atoms with Crippen molar-refractivity contribution in [1.82, 2.24) is 25.8 Å². The summed E-state index contributed by atoms with van der Waals surface area (Å²) in [6.07, 6.45) is -2.82. The van der Waals surface area contributed by atoms with E-state index in [2.05, 4.69) is 31.4 Å². The number of carbonyl (C=O) groups is 6. The summed E-state index contributed by atoms with van der Waals surface area (Å²) in [5.74, 6) is -2.86. The molecule has 5 amide bonds. The molecule has 3 rings (SSSR count). The fourth-order valence-corrected chi connectivity index (χ4v) is 4.46. The minimum Gasteiger partial charge on any atom is -0.478 e. The molecule has 3 atom stereocenters. The van der Waals surface area contributed by atoms with Gasteiger partial charge in [0.1, 0.15) is 29.0 Å². The van der Waals surface area contributed by atoms with Gasteiger partial charge in [-0.3, -0.25) is 14.9 Å². The Bertz CT molecular complexity index is 1400. The number of carbonyl (C=O) groups excluding carboxylic acids is 5. The lowest BCUT2D eigenvalue weighted by Crippen LogP contribution is -2.72. The van der Waals surface area contributed by atoms with Crippen molar-refractivity contribution < 1.29 is 52.9 Å². The normalized spacial score (nSPS) is 20.1. The number of nitrogens with zero attached hydrogens (tertiary/aromatic N) is 3. The van der Waals surface area contributed by atoms with Crippen LogP contribution < -0.4 is 21.3 Å². The third-order valence-electron chi connectivity index (χ3n) is 5.99. The highest BCUT2D eigenvalue weighted by atomic mass is 32.1. The third kappa shape index (κ3) is 10.2. The second-order valence-corrected chi connectivity index (χ2v) is 13.7. The fourth-order valence-electron chi connectivity index (χ4n) is 3.78. The van der Waals surface area contributed by atoms with Gasteiger partial charge in [-0.25, -0.2) is 24.2 Å². The second-order valence-electron chi connectivity index (χ2n) is 12.9. The number of thiazole rings is 1. The van der Waals surface area contributed by atoms with Gasteiger partial charge in [0.25, 0.3) is 5.91 Å². The van der Waals surface area contributed by atoms with Gasteiger partial charge in [-0.2, -0.15) is 0 Å². The molecule has 1 aromatic rings. The Morgan fingerprint density at radius 3 is 2.30 bits per heavy atom. The minimum absolute atomic E-state index is 0.000721. The molecule has 46 heavy (non-hydrogen) atoms. The predicted molar refractivity (Wildman–Crippen MR) is 161 cm³/mol. The summed E-state index contributed by atoms with van der Waals surface area (Å²) in [6, 6.07) is -1.84. The first kappa shape index (κ1) is 35.8. The molecule has 2 fully saturated rings. The van der Waals surface area contributed by atoms with Gasteiger partial charge in [0.05, 0.1) is 19.1 Å². The number of ether oxygens (including phenoxy) is 3. The topological polar surface area (TPSA) is 236 Å².